The molecule has 0 saturated heterocycles. The van der Waals surface area contributed by atoms with Crippen molar-refractivity contribution in [3.63, 3.8) is 0 Å². The number of halogens is 1. The van der Waals surface area contributed by atoms with Gasteiger partial charge in [0.15, 0.2) is 0 Å². The summed E-state index contributed by atoms with van der Waals surface area (Å²) in [5, 5.41) is 6.08. The number of hydrogen-bond acceptors (Lipinski definition) is 3. The number of fused-ring (bicyclic) bond motifs is 4. The smallest absolute Gasteiger partial charge is 0.119 e. The van der Waals surface area contributed by atoms with E-state index in [0.29, 0.717) is 6.61 Å². The first-order chi connectivity index (χ1) is 20.3. The zero-order chi connectivity index (χ0) is 27.6. The number of benzene rings is 4. The van der Waals surface area contributed by atoms with E-state index in [4.69, 9.17) is 9.72 Å². The van der Waals surface area contributed by atoms with Gasteiger partial charge < -0.3 is 19.2 Å². The molecule has 1 N–H and O–H groups in total. The zero-order valence-corrected chi connectivity index (χ0v) is 24.9. The van der Waals surface area contributed by atoms with Crippen LogP contribution >= 0.6 is 12.4 Å². The Hall–Kier alpha value is -4.06. The van der Waals surface area contributed by atoms with Crippen molar-refractivity contribution in [2.75, 3.05) is 13.2 Å². The van der Waals surface area contributed by atoms with Crippen LogP contribution in [-0.2, 0) is 25.9 Å². The standard InChI is InChI=1S/C36H36N4O.ClH/c1-2-3-12-36-38-33(25-40(36)29-16-13-26-19-20-37-24-28(26)23-29)27-14-17-30(18-15-27)41-22-21-39-34-10-6-4-8-31(34)32-9-5-7-11-35(32)39;/h4-11,13-18,23,25,37H,2-3,12,19-22,24H2,1H3;1H. The second-order valence-electron chi connectivity index (χ2n) is 11.0. The lowest BCUT2D eigenvalue weighted by Crippen LogP contribution is -2.23. The van der Waals surface area contributed by atoms with E-state index in [0.717, 1.165) is 68.1 Å². The molecule has 0 amide bonds. The Kier molecular flexibility index (Phi) is 8.31. The maximum Gasteiger partial charge on any atom is 0.119 e. The average molecular weight is 577 g/mol. The van der Waals surface area contributed by atoms with Crippen LogP contribution < -0.4 is 10.1 Å². The van der Waals surface area contributed by atoms with Crippen LogP contribution in [-0.4, -0.2) is 27.3 Å². The number of nitrogens with zero attached hydrogens (tertiary/aromatic N) is 3. The largest absolute Gasteiger partial charge is 0.492 e. The van der Waals surface area contributed by atoms with Gasteiger partial charge in [0.05, 0.1) is 12.2 Å². The molecular formula is C36H37ClN4O. The van der Waals surface area contributed by atoms with Gasteiger partial charge in [-0.3, -0.25) is 0 Å². The molecule has 1 aliphatic heterocycles. The van der Waals surface area contributed by atoms with Crippen molar-refractivity contribution < 1.29 is 4.74 Å². The predicted molar refractivity (Wildman–Crippen MR) is 175 cm³/mol. The van der Waals surface area contributed by atoms with Gasteiger partial charge in [-0.25, -0.2) is 4.98 Å². The van der Waals surface area contributed by atoms with Gasteiger partial charge >= 0.3 is 0 Å². The number of hydrogen-bond donors (Lipinski definition) is 1. The van der Waals surface area contributed by atoms with Crippen LogP contribution in [0.3, 0.4) is 0 Å². The minimum Gasteiger partial charge on any atom is -0.492 e. The number of imidazole rings is 1. The Morgan fingerprint density at radius 3 is 2.33 bits per heavy atom. The summed E-state index contributed by atoms with van der Waals surface area (Å²) in [4.78, 5) is 5.09. The van der Waals surface area contributed by atoms with E-state index in [1.807, 2.05) is 0 Å². The Labute approximate surface area is 253 Å². The SMILES string of the molecule is CCCCc1nc(-c2ccc(OCCn3c4ccccc4c4ccccc43)cc2)cn1-c1ccc2c(c1)CNCC2.Cl. The molecular weight excluding hydrogens is 540 g/mol. The summed E-state index contributed by atoms with van der Waals surface area (Å²) < 4.78 is 10.9. The molecule has 1 aliphatic rings. The van der Waals surface area contributed by atoms with Crippen molar-refractivity contribution in [2.24, 2.45) is 0 Å². The average Bonchev–Trinajstić information content (AvgIpc) is 3.60. The van der Waals surface area contributed by atoms with Crippen LogP contribution in [0.25, 0.3) is 38.8 Å². The van der Waals surface area contributed by atoms with E-state index >= 15 is 0 Å². The highest BCUT2D eigenvalue weighted by Crippen LogP contribution is 2.29. The molecule has 6 heteroatoms. The van der Waals surface area contributed by atoms with Crippen LogP contribution in [0.4, 0.5) is 0 Å². The summed E-state index contributed by atoms with van der Waals surface area (Å²) in [5.74, 6) is 2.00. The Morgan fingerprint density at radius 1 is 0.857 bits per heavy atom. The predicted octanol–water partition coefficient (Wildman–Crippen LogP) is 8.14. The summed E-state index contributed by atoms with van der Waals surface area (Å²) >= 11 is 0. The van der Waals surface area contributed by atoms with E-state index < -0.39 is 0 Å². The van der Waals surface area contributed by atoms with Crippen molar-refractivity contribution in [2.45, 2.75) is 45.7 Å². The molecule has 0 atom stereocenters. The van der Waals surface area contributed by atoms with E-state index in [-0.39, 0.29) is 12.4 Å². The zero-order valence-electron chi connectivity index (χ0n) is 24.1. The molecule has 7 rings (SSSR count). The molecule has 5 nitrogen and oxygen atoms in total. The Balaban J connectivity index is 0.00000316. The number of nitrogens with one attached hydrogen (secondary N) is 1. The number of unbranched alkanes of at least 4 members (excludes halogenated alkanes) is 1. The van der Waals surface area contributed by atoms with Crippen LogP contribution in [0.2, 0.25) is 0 Å². The molecule has 0 fully saturated rings. The fourth-order valence-electron chi connectivity index (χ4n) is 6.13. The highest BCUT2D eigenvalue weighted by atomic mass is 35.5. The molecule has 0 spiro atoms. The fourth-order valence-corrected chi connectivity index (χ4v) is 6.13. The van der Waals surface area contributed by atoms with Crippen molar-refractivity contribution in [3.05, 3.63) is 114 Å². The molecule has 6 aromatic rings. The molecule has 2 aromatic heterocycles. The van der Waals surface area contributed by atoms with Gasteiger partial charge in [-0.05, 0) is 79.0 Å². The normalized spacial score (nSPS) is 12.8. The van der Waals surface area contributed by atoms with Crippen LogP contribution in [0.15, 0.2) is 97.2 Å². The second kappa shape index (κ2) is 12.4. The maximum absolute atomic E-state index is 6.22. The third kappa shape index (κ3) is 5.42. The molecule has 0 bridgehead atoms. The van der Waals surface area contributed by atoms with Gasteiger partial charge in [-0.1, -0.05) is 55.8 Å². The first-order valence-electron chi connectivity index (χ1n) is 14.9. The lowest BCUT2D eigenvalue weighted by molar-refractivity contribution is 0.302. The summed E-state index contributed by atoms with van der Waals surface area (Å²) in [6.45, 7) is 5.62. The third-order valence-corrected chi connectivity index (χ3v) is 8.30. The number of ether oxygens (including phenoxy) is 1. The van der Waals surface area contributed by atoms with E-state index in [9.17, 15) is 0 Å². The minimum atomic E-state index is 0. The van der Waals surface area contributed by atoms with Crippen molar-refractivity contribution in [1.29, 1.82) is 0 Å². The van der Waals surface area contributed by atoms with Crippen LogP contribution in [0, 0.1) is 0 Å². The van der Waals surface area contributed by atoms with Crippen molar-refractivity contribution in [1.82, 2.24) is 19.4 Å². The van der Waals surface area contributed by atoms with Crippen molar-refractivity contribution >= 4 is 34.2 Å². The third-order valence-electron chi connectivity index (χ3n) is 8.30. The lowest BCUT2D eigenvalue weighted by atomic mass is 10.0. The summed E-state index contributed by atoms with van der Waals surface area (Å²) in [6.07, 6.45) is 6.54. The monoisotopic (exact) mass is 576 g/mol. The van der Waals surface area contributed by atoms with Gasteiger partial charge in [0.25, 0.3) is 0 Å². The van der Waals surface area contributed by atoms with Gasteiger partial charge in [0, 0.05) is 52.2 Å². The first kappa shape index (κ1) is 28.1. The Bertz CT molecular complexity index is 1770. The number of aromatic nitrogens is 3. The molecule has 0 radical (unpaired) electrons. The van der Waals surface area contributed by atoms with Gasteiger partial charge in [0.2, 0.25) is 0 Å². The highest BCUT2D eigenvalue weighted by molar-refractivity contribution is 6.07. The van der Waals surface area contributed by atoms with E-state index in [1.165, 1.54) is 38.6 Å². The topological polar surface area (TPSA) is 44.0 Å². The summed E-state index contributed by atoms with van der Waals surface area (Å²) in [7, 11) is 0. The van der Waals surface area contributed by atoms with Crippen LogP contribution in [0.1, 0.15) is 36.7 Å². The molecule has 42 heavy (non-hydrogen) atoms. The fraction of sp³-hybridized carbons (Fsp3) is 0.250. The molecule has 0 unspecified atom stereocenters. The Morgan fingerprint density at radius 2 is 1.60 bits per heavy atom. The number of para-hydroxylation sites is 2. The van der Waals surface area contributed by atoms with Crippen LogP contribution in [0.5, 0.6) is 5.75 Å². The maximum atomic E-state index is 6.22. The molecule has 0 aliphatic carbocycles. The molecule has 3 heterocycles. The van der Waals surface area contributed by atoms with Gasteiger partial charge in [-0.15, -0.1) is 12.4 Å². The molecule has 0 saturated carbocycles. The first-order valence-corrected chi connectivity index (χ1v) is 14.9. The quantitative estimate of drug-likeness (QED) is 0.189. The summed E-state index contributed by atoms with van der Waals surface area (Å²) in [6, 6.07) is 32.5. The lowest BCUT2D eigenvalue weighted by Gasteiger charge is -2.18. The van der Waals surface area contributed by atoms with E-state index in [2.05, 4.69) is 119 Å². The van der Waals surface area contributed by atoms with Gasteiger partial charge in [0.1, 0.15) is 18.2 Å². The second-order valence-corrected chi connectivity index (χ2v) is 11.0. The van der Waals surface area contributed by atoms with Gasteiger partial charge in [-0.2, -0.15) is 0 Å². The highest BCUT2D eigenvalue weighted by Gasteiger charge is 2.15. The number of aryl methyl sites for hydroxylation is 1. The van der Waals surface area contributed by atoms with E-state index in [1.54, 1.807) is 0 Å². The molecule has 4 aromatic carbocycles. The number of rotatable bonds is 9. The van der Waals surface area contributed by atoms with Crippen molar-refractivity contribution in [3.8, 4) is 22.7 Å². The molecule has 214 valence electrons. The minimum absolute atomic E-state index is 0. The summed E-state index contributed by atoms with van der Waals surface area (Å²) in [5.41, 5.74) is 8.65.